The Morgan fingerprint density at radius 1 is 1.00 bits per heavy atom. The van der Waals surface area contributed by atoms with Crippen LogP contribution >= 0.6 is 0 Å². The Hall–Kier alpha value is -4.13. The molecule has 3 aromatic carbocycles. The van der Waals surface area contributed by atoms with Crippen LogP contribution in [0.3, 0.4) is 0 Å². The molecule has 6 nitrogen and oxygen atoms in total. The Balaban J connectivity index is 1.47. The summed E-state index contributed by atoms with van der Waals surface area (Å²) in [5, 5.41) is 21.9. The van der Waals surface area contributed by atoms with Crippen molar-refractivity contribution in [1.29, 1.82) is 0 Å². The summed E-state index contributed by atoms with van der Waals surface area (Å²) in [6.07, 6.45) is 0.105. The lowest BCUT2D eigenvalue weighted by Gasteiger charge is -2.06. The molecular formula is C24H19FN2O4. The summed E-state index contributed by atoms with van der Waals surface area (Å²) in [6, 6.07) is 21.0. The molecule has 0 fully saturated rings. The van der Waals surface area contributed by atoms with Gasteiger partial charge >= 0.3 is 12.0 Å². The summed E-state index contributed by atoms with van der Waals surface area (Å²) in [5.41, 5.74) is 3.21. The fourth-order valence-corrected chi connectivity index (χ4v) is 3.22. The first-order chi connectivity index (χ1) is 15.0. The van der Waals surface area contributed by atoms with Gasteiger partial charge in [-0.2, -0.15) is 4.98 Å². The molecule has 156 valence electrons. The molecule has 0 aliphatic rings. The molecule has 0 amide bonds. The van der Waals surface area contributed by atoms with Gasteiger partial charge in [0.15, 0.2) is 5.76 Å². The van der Waals surface area contributed by atoms with Gasteiger partial charge in [0.2, 0.25) is 0 Å². The predicted octanol–water partition coefficient (Wildman–Crippen LogP) is 5.15. The summed E-state index contributed by atoms with van der Waals surface area (Å²) in [4.78, 5) is 14.7. The molecule has 0 atom stereocenters. The first kappa shape index (κ1) is 20.2. The zero-order chi connectivity index (χ0) is 21.8. The number of oxazole rings is 1. The number of nitrogens with zero attached hydrogens (tertiary/aromatic N) is 1. The van der Waals surface area contributed by atoms with Gasteiger partial charge in [-0.15, -0.1) is 0 Å². The van der Waals surface area contributed by atoms with Gasteiger partial charge in [0.05, 0.1) is 6.42 Å². The van der Waals surface area contributed by atoms with Gasteiger partial charge in [0, 0.05) is 17.7 Å². The Morgan fingerprint density at radius 2 is 1.71 bits per heavy atom. The van der Waals surface area contributed by atoms with Crippen LogP contribution in [0.15, 0.2) is 77.2 Å². The van der Waals surface area contributed by atoms with E-state index in [1.165, 1.54) is 6.07 Å². The maximum atomic E-state index is 14.6. The topological polar surface area (TPSA) is 95.6 Å². The third kappa shape index (κ3) is 4.90. The third-order valence-corrected chi connectivity index (χ3v) is 4.72. The molecule has 4 aromatic rings. The van der Waals surface area contributed by atoms with E-state index in [-0.39, 0.29) is 36.3 Å². The number of carboxylic acids is 1. The fourth-order valence-electron chi connectivity index (χ4n) is 3.22. The number of hydrogen-bond donors (Lipinski definition) is 3. The maximum absolute atomic E-state index is 14.6. The number of rotatable bonds is 7. The van der Waals surface area contributed by atoms with Crippen LogP contribution in [0.1, 0.15) is 16.9 Å². The highest BCUT2D eigenvalue weighted by molar-refractivity contribution is 5.70. The zero-order valence-electron chi connectivity index (χ0n) is 16.4. The first-order valence-electron chi connectivity index (χ1n) is 9.58. The fraction of sp³-hybridized carbons (Fsp3) is 0.0833. The number of benzene rings is 3. The van der Waals surface area contributed by atoms with E-state index in [4.69, 9.17) is 9.52 Å². The van der Waals surface area contributed by atoms with Crippen LogP contribution in [0.4, 0.5) is 16.1 Å². The van der Waals surface area contributed by atoms with E-state index in [0.717, 1.165) is 5.56 Å². The van der Waals surface area contributed by atoms with E-state index >= 15 is 0 Å². The zero-order valence-corrected chi connectivity index (χ0v) is 16.4. The molecule has 0 radical (unpaired) electrons. The van der Waals surface area contributed by atoms with Gasteiger partial charge in [0.1, 0.15) is 5.82 Å². The van der Waals surface area contributed by atoms with Crippen molar-refractivity contribution in [2.24, 2.45) is 0 Å². The quantitative estimate of drug-likeness (QED) is 0.384. The Morgan fingerprint density at radius 3 is 2.39 bits per heavy atom. The Labute approximate surface area is 177 Å². The monoisotopic (exact) mass is 418 g/mol. The molecule has 0 aliphatic carbocycles. The number of aliphatic carboxylic acids is 1. The van der Waals surface area contributed by atoms with Crippen LogP contribution in [0, 0.1) is 5.82 Å². The van der Waals surface area contributed by atoms with Gasteiger partial charge in [-0.3, -0.25) is 4.79 Å². The summed E-state index contributed by atoms with van der Waals surface area (Å²) >= 11 is 0. The largest absolute Gasteiger partial charge is 0.491 e. The molecule has 31 heavy (non-hydrogen) atoms. The van der Waals surface area contributed by atoms with E-state index in [1.54, 1.807) is 36.4 Å². The highest BCUT2D eigenvalue weighted by Gasteiger charge is 2.15. The summed E-state index contributed by atoms with van der Waals surface area (Å²) in [5.74, 6) is -1.34. The molecule has 7 heteroatoms. The SMILES string of the molecule is O=C(O)Cc1ccc(Nc2nc(O)c(Cc3ccc(-c4ccccc4)c(F)c3)o2)cc1. The number of nitrogens with one attached hydrogen (secondary N) is 1. The summed E-state index contributed by atoms with van der Waals surface area (Å²) in [7, 11) is 0. The molecule has 0 spiro atoms. The minimum atomic E-state index is -0.906. The first-order valence-corrected chi connectivity index (χ1v) is 9.58. The van der Waals surface area contributed by atoms with Gasteiger partial charge < -0.3 is 19.9 Å². The van der Waals surface area contributed by atoms with Gasteiger partial charge in [-0.1, -0.05) is 54.6 Å². The second kappa shape index (κ2) is 8.71. The van der Waals surface area contributed by atoms with E-state index in [1.807, 2.05) is 30.3 Å². The number of hydrogen-bond acceptors (Lipinski definition) is 5. The Kier molecular flexibility index (Phi) is 5.66. The standard InChI is InChI=1S/C24H19FN2O4/c25-20-12-16(8-11-19(20)17-4-2-1-3-5-17)13-21-23(30)27-24(31-21)26-18-9-6-15(7-10-18)14-22(28)29/h1-12,30H,13-14H2,(H,26,27)(H,28,29). The summed E-state index contributed by atoms with van der Waals surface area (Å²) in [6.45, 7) is 0. The van der Waals surface area contributed by atoms with Crippen molar-refractivity contribution in [3.8, 4) is 17.0 Å². The van der Waals surface area contributed by atoms with E-state index in [0.29, 0.717) is 22.4 Å². The summed E-state index contributed by atoms with van der Waals surface area (Å²) < 4.78 is 20.2. The minimum Gasteiger partial charge on any atom is -0.491 e. The molecule has 4 rings (SSSR count). The number of carbonyl (C=O) groups is 1. The Bertz CT molecular complexity index is 1200. The maximum Gasteiger partial charge on any atom is 0.307 e. The number of carboxylic acid groups (broad SMARTS) is 1. The van der Waals surface area contributed by atoms with E-state index in [2.05, 4.69) is 10.3 Å². The van der Waals surface area contributed by atoms with Gasteiger partial charge in [-0.25, -0.2) is 4.39 Å². The van der Waals surface area contributed by atoms with Crippen molar-refractivity contribution in [2.45, 2.75) is 12.8 Å². The molecule has 1 aromatic heterocycles. The van der Waals surface area contributed by atoms with Crippen LogP contribution in [0.5, 0.6) is 5.88 Å². The molecule has 0 aliphatic heterocycles. The number of halogens is 1. The van der Waals surface area contributed by atoms with Crippen LogP contribution in [0.2, 0.25) is 0 Å². The number of aromatic hydroxyl groups is 1. The molecular weight excluding hydrogens is 399 g/mol. The van der Waals surface area contributed by atoms with Crippen LogP contribution < -0.4 is 5.32 Å². The molecule has 0 unspecified atom stereocenters. The van der Waals surface area contributed by atoms with E-state index in [9.17, 15) is 14.3 Å². The van der Waals surface area contributed by atoms with Crippen molar-refractivity contribution >= 4 is 17.7 Å². The predicted molar refractivity (Wildman–Crippen MR) is 114 cm³/mol. The number of aromatic nitrogens is 1. The lowest BCUT2D eigenvalue weighted by Crippen LogP contribution is -1.99. The van der Waals surface area contributed by atoms with Gasteiger partial charge in [0.25, 0.3) is 5.88 Å². The van der Waals surface area contributed by atoms with Crippen molar-refractivity contribution in [3.05, 3.63) is 95.5 Å². The van der Waals surface area contributed by atoms with Crippen molar-refractivity contribution in [3.63, 3.8) is 0 Å². The van der Waals surface area contributed by atoms with E-state index < -0.39 is 5.97 Å². The lowest BCUT2D eigenvalue weighted by atomic mass is 10.0. The third-order valence-electron chi connectivity index (χ3n) is 4.72. The molecule has 0 saturated heterocycles. The van der Waals surface area contributed by atoms with Gasteiger partial charge in [-0.05, 0) is 34.9 Å². The van der Waals surface area contributed by atoms with Crippen molar-refractivity contribution < 1.29 is 23.8 Å². The highest BCUT2D eigenvalue weighted by Crippen LogP contribution is 2.28. The van der Waals surface area contributed by atoms with Crippen LogP contribution in [-0.2, 0) is 17.6 Å². The average molecular weight is 418 g/mol. The molecule has 3 N–H and O–H groups in total. The highest BCUT2D eigenvalue weighted by atomic mass is 19.1. The normalized spacial score (nSPS) is 10.7. The van der Waals surface area contributed by atoms with Crippen LogP contribution in [-0.4, -0.2) is 21.2 Å². The smallest absolute Gasteiger partial charge is 0.307 e. The molecule has 1 heterocycles. The second-order valence-electron chi connectivity index (χ2n) is 7.02. The van der Waals surface area contributed by atoms with Crippen molar-refractivity contribution in [1.82, 2.24) is 4.98 Å². The van der Waals surface area contributed by atoms with Crippen molar-refractivity contribution in [2.75, 3.05) is 5.32 Å². The second-order valence-corrected chi connectivity index (χ2v) is 7.02. The molecule has 0 saturated carbocycles. The van der Waals surface area contributed by atoms with Crippen LogP contribution in [0.25, 0.3) is 11.1 Å². The number of anilines is 2. The molecule has 0 bridgehead atoms. The average Bonchev–Trinajstić information content (AvgIpc) is 3.08. The lowest BCUT2D eigenvalue weighted by molar-refractivity contribution is -0.136. The minimum absolute atomic E-state index is 0.0656.